The molecule has 2 aromatic rings. The summed E-state index contributed by atoms with van der Waals surface area (Å²) in [5, 5.41) is 5.38. The smallest absolute Gasteiger partial charge is 0.416 e. The molecule has 3 amide bonds. The summed E-state index contributed by atoms with van der Waals surface area (Å²) in [6, 6.07) is 9.38. The number of aromatic nitrogens is 1. The number of pyridine rings is 1. The van der Waals surface area contributed by atoms with Crippen molar-refractivity contribution in [3.05, 3.63) is 53.2 Å². The quantitative estimate of drug-likeness (QED) is 0.235. The number of carbonyl (C=O) groups is 4. The molecule has 1 aromatic carbocycles. The third-order valence-electron chi connectivity index (χ3n) is 8.40. The van der Waals surface area contributed by atoms with Crippen LogP contribution in [0, 0.1) is 12.3 Å². The van der Waals surface area contributed by atoms with E-state index in [-0.39, 0.29) is 43.5 Å². The molecule has 2 aliphatic heterocycles. The number of nitrogens with zero attached hydrogens (tertiary/aromatic N) is 3. The molecule has 0 radical (unpaired) electrons. The highest BCUT2D eigenvalue weighted by Crippen LogP contribution is 2.35. The Morgan fingerprint density at radius 1 is 1.08 bits per heavy atom. The predicted octanol–water partition coefficient (Wildman–Crippen LogP) is 3.67. The average molecular weight is 700 g/mol. The molecule has 13 nitrogen and oxygen atoms in total. The first-order chi connectivity index (χ1) is 23.0. The number of sulfonamides is 1. The fourth-order valence-corrected chi connectivity index (χ4v) is 7.54. The van der Waals surface area contributed by atoms with Gasteiger partial charge in [0.25, 0.3) is 0 Å². The first-order valence-electron chi connectivity index (χ1n) is 16.8. The summed E-state index contributed by atoms with van der Waals surface area (Å²) >= 11 is 0. The molecule has 1 aromatic heterocycles. The predicted molar refractivity (Wildman–Crippen MR) is 183 cm³/mol. The van der Waals surface area contributed by atoms with Crippen molar-refractivity contribution >= 4 is 39.7 Å². The second kappa shape index (κ2) is 15.7. The zero-order chi connectivity index (χ0) is 36.0. The molecule has 2 N–H and O–H groups in total. The number of hydrogen-bond donors (Lipinski definition) is 2. The number of aryl methyl sites for hydroxylation is 3. The molecule has 2 aliphatic rings. The zero-order valence-corrected chi connectivity index (χ0v) is 30.2. The normalized spacial score (nSPS) is 16.5. The minimum absolute atomic E-state index is 0.0465. The number of nitrogens with one attached hydrogen (secondary N) is 2. The van der Waals surface area contributed by atoms with Gasteiger partial charge in [-0.3, -0.25) is 14.5 Å². The van der Waals surface area contributed by atoms with E-state index < -0.39 is 45.1 Å². The van der Waals surface area contributed by atoms with Crippen molar-refractivity contribution < 1.29 is 37.1 Å². The van der Waals surface area contributed by atoms with Crippen LogP contribution in [0.2, 0.25) is 0 Å². The lowest BCUT2D eigenvalue weighted by atomic mass is 9.83. The van der Waals surface area contributed by atoms with Crippen molar-refractivity contribution in [1.29, 1.82) is 0 Å². The molecule has 3 heterocycles. The lowest BCUT2D eigenvalue weighted by Crippen LogP contribution is -2.65. The number of anilines is 1. The molecule has 0 saturated carbocycles. The van der Waals surface area contributed by atoms with Crippen LogP contribution in [0.4, 0.5) is 10.6 Å². The third kappa shape index (κ3) is 9.78. The Bertz CT molecular complexity index is 1650. The Kier molecular flexibility index (Phi) is 12.1. The van der Waals surface area contributed by atoms with E-state index in [1.165, 1.54) is 10.4 Å². The maximum Gasteiger partial charge on any atom is 0.416 e. The Hall–Kier alpha value is -4.04. The second-order valence-electron chi connectivity index (χ2n) is 14.0. The van der Waals surface area contributed by atoms with Gasteiger partial charge in [-0.2, -0.15) is 4.31 Å². The van der Waals surface area contributed by atoms with Gasteiger partial charge in [0.15, 0.2) is 0 Å². The van der Waals surface area contributed by atoms with Crippen molar-refractivity contribution in [1.82, 2.24) is 19.9 Å². The summed E-state index contributed by atoms with van der Waals surface area (Å²) in [6.45, 7) is 10.9. The van der Waals surface area contributed by atoms with Crippen LogP contribution in [0.5, 0.6) is 0 Å². The van der Waals surface area contributed by atoms with Crippen molar-refractivity contribution in [2.24, 2.45) is 5.41 Å². The molecule has 268 valence electrons. The monoisotopic (exact) mass is 699 g/mol. The van der Waals surface area contributed by atoms with E-state index in [0.717, 1.165) is 29.7 Å². The van der Waals surface area contributed by atoms with E-state index in [1.54, 1.807) is 43.9 Å². The van der Waals surface area contributed by atoms with Crippen LogP contribution >= 0.6 is 0 Å². The van der Waals surface area contributed by atoms with Gasteiger partial charge in [0, 0.05) is 38.3 Å². The summed E-state index contributed by atoms with van der Waals surface area (Å²) in [7, 11) is -3.77. The Balaban J connectivity index is 1.25. The van der Waals surface area contributed by atoms with E-state index in [0.29, 0.717) is 31.6 Å². The van der Waals surface area contributed by atoms with Crippen molar-refractivity contribution in [3.63, 3.8) is 0 Å². The second-order valence-corrected chi connectivity index (χ2v) is 15.9. The highest BCUT2D eigenvalue weighted by atomic mass is 32.2. The van der Waals surface area contributed by atoms with Gasteiger partial charge in [0.1, 0.15) is 17.5 Å². The fraction of sp³-hybridized carbons (Fsp3) is 0.571. The Labute approximate surface area is 289 Å². The van der Waals surface area contributed by atoms with Gasteiger partial charge in [-0.25, -0.2) is 23.0 Å². The highest BCUT2D eigenvalue weighted by Gasteiger charge is 2.51. The SMILES string of the molecule is CCOC(=O)C(CNC(=O)CCCCc1ccc2c(n1)N(C(=O)OC(C)(C)C)CCC2)NC(=O)C1(C)CN(S(=O)(=O)c2cccc(C)c2)C1. The lowest BCUT2D eigenvalue weighted by Gasteiger charge is -2.45. The number of unbranched alkanes of at least 4 members (excludes halogenated alkanes) is 1. The molecule has 49 heavy (non-hydrogen) atoms. The molecule has 0 spiro atoms. The molecule has 1 saturated heterocycles. The number of ether oxygens (including phenoxy) is 2. The summed E-state index contributed by atoms with van der Waals surface area (Å²) < 4.78 is 38.0. The number of esters is 1. The van der Waals surface area contributed by atoms with Crippen LogP contribution < -0.4 is 15.5 Å². The summed E-state index contributed by atoms with van der Waals surface area (Å²) in [5.74, 6) is -0.858. The van der Waals surface area contributed by atoms with Crippen LogP contribution in [0.15, 0.2) is 41.3 Å². The largest absolute Gasteiger partial charge is 0.464 e. The number of carbonyl (C=O) groups excluding carboxylic acids is 4. The maximum atomic E-state index is 13.2. The first-order valence-corrected chi connectivity index (χ1v) is 18.3. The van der Waals surface area contributed by atoms with Gasteiger partial charge in [-0.1, -0.05) is 18.2 Å². The molecule has 1 atom stereocenters. The van der Waals surface area contributed by atoms with Crippen LogP contribution in [-0.4, -0.2) is 86.0 Å². The van der Waals surface area contributed by atoms with Crippen molar-refractivity contribution in [2.75, 3.05) is 37.7 Å². The Morgan fingerprint density at radius 3 is 2.49 bits per heavy atom. The molecule has 0 aliphatic carbocycles. The van der Waals surface area contributed by atoms with Gasteiger partial charge in [-0.15, -0.1) is 0 Å². The fourth-order valence-electron chi connectivity index (χ4n) is 5.75. The number of rotatable bonds is 13. The van der Waals surface area contributed by atoms with Crippen LogP contribution in [0.3, 0.4) is 0 Å². The van der Waals surface area contributed by atoms with E-state index >= 15 is 0 Å². The van der Waals surface area contributed by atoms with Crippen LogP contribution in [-0.2, 0) is 46.7 Å². The zero-order valence-electron chi connectivity index (χ0n) is 29.3. The minimum Gasteiger partial charge on any atom is -0.464 e. The van der Waals surface area contributed by atoms with E-state index in [9.17, 15) is 27.6 Å². The van der Waals surface area contributed by atoms with Gasteiger partial charge in [0.05, 0.1) is 16.9 Å². The van der Waals surface area contributed by atoms with E-state index in [1.807, 2.05) is 32.9 Å². The van der Waals surface area contributed by atoms with Crippen LogP contribution in [0.1, 0.15) is 77.1 Å². The summed E-state index contributed by atoms with van der Waals surface area (Å²) in [5.41, 5.74) is 0.953. The van der Waals surface area contributed by atoms with Gasteiger partial charge < -0.3 is 20.1 Å². The number of benzene rings is 1. The van der Waals surface area contributed by atoms with E-state index in [2.05, 4.69) is 10.6 Å². The highest BCUT2D eigenvalue weighted by molar-refractivity contribution is 7.89. The Morgan fingerprint density at radius 2 is 1.82 bits per heavy atom. The number of hydrogen-bond acceptors (Lipinski definition) is 9. The topological polar surface area (TPSA) is 164 Å². The molecule has 4 rings (SSSR count). The van der Waals surface area contributed by atoms with Crippen molar-refractivity contribution in [2.45, 2.75) is 96.6 Å². The third-order valence-corrected chi connectivity index (χ3v) is 10.2. The molecule has 14 heteroatoms. The molecule has 1 fully saturated rings. The first kappa shape index (κ1) is 37.8. The lowest BCUT2D eigenvalue weighted by molar-refractivity contribution is -0.150. The molecule has 1 unspecified atom stereocenters. The summed E-state index contributed by atoms with van der Waals surface area (Å²) in [4.78, 5) is 57.9. The molecular formula is C35H49N5O8S. The van der Waals surface area contributed by atoms with Crippen molar-refractivity contribution in [3.8, 4) is 0 Å². The maximum absolute atomic E-state index is 13.2. The number of amides is 3. The van der Waals surface area contributed by atoms with Crippen LogP contribution in [0.25, 0.3) is 0 Å². The number of fused-ring (bicyclic) bond motifs is 1. The average Bonchev–Trinajstić information content (AvgIpc) is 3.02. The van der Waals surface area contributed by atoms with Gasteiger partial charge in [0.2, 0.25) is 21.8 Å². The van der Waals surface area contributed by atoms with Gasteiger partial charge in [-0.05, 0) is 103 Å². The van der Waals surface area contributed by atoms with Gasteiger partial charge >= 0.3 is 12.1 Å². The molecule has 0 bridgehead atoms. The minimum atomic E-state index is -3.77. The van der Waals surface area contributed by atoms with E-state index in [4.69, 9.17) is 14.5 Å². The summed E-state index contributed by atoms with van der Waals surface area (Å²) in [6.07, 6.45) is 3.29. The standard InChI is InChI=1S/C35H49N5O8S/c1-7-47-31(42)28(38-32(43)35(6)22-39(23-35)49(45,46)27-15-10-12-24(2)20-27)21-36-29(41)16-9-8-14-26-18-17-25-13-11-19-40(30(25)37-26)33(44)48-34(3,4)5/h10,12,15,17-18,20,28H,7-9,11,13-14,16,19,21-23H2,1-6H3,(H,36,41)(H,38,43). The molecular weight excluding hydrogens is 650 g/mol.